The van der Waals surface area contributed by atoms with E-state index in [-0.39, 0.29) is 6.10 Å². The van der Waals surface area contributed by atoms with Crippen LogP contribution in [0.5, 0.6) is 0 Å². The highest BCUT2D eigenvalue weighted by molar-refractivity contribution is 7.09. The van der Waals surface area contributed by atoms with Crippen molar-refractivity contribution >= 4 is 23.3 Å². The predicted octanol–water partition coefficient (Wildman–Crippen LogP) is 3.34. The number of carboxylic acid groups (broad SMARTS) is 2. The summed E-state index contributed by atoms with van der Waals surface area (Å²) in [4.78, 5) is 24.8. The average molecular weight is 510 g/mol. The van der Waals surface area contributed by atoms with E-state index in [9.17, 15) is 26.3 Å². The second kappa shape index (κ2) is 11.9. The van der Waals surface area contributed by atoms with E-state index in [0.717, 1.165) is 30.5 Å². The fourth-order valence-electron chi connectivity index (χ4n) is 3.17. The smallest absolute Gasteiger partial charge is 0.475 e. The van der Waals surface area contributed by atoms with Gasteiger partial charge in [-0.2, -0.15) is 26.3 Å². The van der Waals surface area contributed by atoms with Gasteiger partial charge in [0.25, 0.3) is 0 Å². The Hall–Kier alpha value is -1.97. The first-order valence-corrected chi connectivity index (χ1v) is 10.4. The lowest BCUT2D eigenvalue weighted by molar-refractivity contribution is -0.193. The number of aromatic nitrogens is 1. The monoisotopic (exact) mass is 510 g/mol. The zero-order valence-corrected chi connectivity index (χ0v) is 18.6. The molecule has 0 aromatic carbocycles. The Kier molecular flexibility index (Phi) is 10.5. The van der Waals surface area contributed by atoms with Gasteiger partial charge in [0, 0.05) is 29.9 Å². The summed E-state index contributed by atoms with van der Waals surface area (Å²) < 4.78 is 75.2. The molecule has 0 unspecified atom stereocenters. The molecule has 0 amide bonds. The molecule has 1 aromatic heterocycles. The first-order valence-electron chi connectivity index (χ1n) is 9.50. The van der Waals surface area contributed by atoms with Crippen LogP contribution in [-0.2, 0) is 25.7 Å². The molecule has 15 heteroatoms. The van der Waals surface area contributed by atoms with Gasteiger partial charge in [-0.3, -0.25) is 4.90 Å². The van der Waals surface area contributed by atoms with Gasteiger partial charge in [-0.25, -0.2) is 14.6 Å². The number of rotatable bonds is 4. The molecule has 2 aliphatic heterocycles. The van der Waals surface area contributed by atoms with Gasteiger partial charge in [0.05, 0.1) is 36.6 Å². The first kappa shape index (κ1) is 29.1. The van der Waals surface area contributed by atoms with Gasteiger partial charge in [0.15, 0.2) is 0 Å². The molecule has 8 nitrogen and oxygen atoms in total. The summed E-state index contributed by atoms with van der Waals surface area (Å²) in [5.74, 6) is -4.98. The maximum absolute atomic E-state index is 10.6. The summed E-state index contributed by atoms with van der Waals surface area (Å²) in [7, 11) is 0. The van der Waals surface area contributed by atoms with Crippen LogP contribution < -0.4 is 0 Å². The van der Waals surface area contributed by atoms with Crippen LogP contribution in [0.25, 0.3) is 0 Å². The Labute approximate surface area is 189 Å². The van der Waals surface area contributed by atoms with Gasteiger partial charge >= 0.3 is 24.3 Å². The summed E-state index contributed by atoms with van der Waals surface area (Å²) in [5, 5.41) is 17.4. The Balaban J connectivity index is 0.000000324. The summed E-state index contributed by atoms with van der Waals surface area (Å²) in [6.45, 7) is 9.89. The number of thiazole rings is 1. The van der Waals surface area contributed by atoms with Crippen molar-refractivity contribution in [3.63, 3.8) is 0 Å². The van der Waals surface area contributed by atoms with E-state index in [1.807, 2.05) is 6.92 Å². The number of fused-ring (bicyclic) bond motifs is 1. The van der Waals surface area contributed by atoms with Crippen molar-refractivity contribution in [2.45, 2.75) is 57.9 Å². The third kappa shape index (κ3) is 9.43. The second-order valence-corrected chi connectivity index (χ2v) is 8.43. The Morgan fingerprint density at radius 2 is 1.70 bits per heavy atom. The lowest BCUT2D eigenvalue weighted by Gasteiger charge is -2.26. The molecule has 0 spiro atoms. The molecule has 190 valence electrons. The fourth-order valence-corrected chi connectivity index (χ4v) is 3.77. The Morgan fingerprint density at radius 3 is 2.09 bits per heavy atom. The lowest BCUT2D eigenvalue weighted by Crippen LogP contribution is -2.38. The second-order valence-electron chi connectivity index (χ2n) is 7.37. The molecule has 0 saturated carbocycles. The Morgan fingerprint density at radius 1 is 1.18 bits per heavy atom. The fraction of sp³-hybridized carbons (Fsp3) is 0.722. The van der Waals surface area contributed by atoms with Gasteiger partial charge in [0.1, 0.15) is 0 Å². The van der Waals surface area contributed by atoms with Crippen LogP contribution in [0.15, 0.2) is 5.38 Å². The molecule has 0 aliphatic carbocycles. The normalized spacial score (nSPS) is 22.8. The van der Waals surface area contributed by atoms with Crippen molar-refractivity contribution < 1.29 is 55.6 Å². The van der Waals surface area contributed by atoms with Gasteiger partial charge in [-0.1, -0.05) is 0 Å². The number of aryl methyl sites for hydroxylation is 1. The summed E-state index contributed by atoms with van der Waals surface area (Å²) in [6, 6.07) is 1.10. The first-order chi connectivity index (χ1) is 15.0. The van der Waals surface area contributed by atoms with Gasteiger partial charge in [-0.05, 0) is 20.8 Å². The van der Waals surface area contributed by atoms with E-state index in [4.69, 9.17) is 29.3 Å². The highest BCUT2D eigenvalue weighted by Crippen LogP contribution is 2.33. The minimum atomic E-state index is -5.08. The zero-order valence-electron chi connectivity index (χ0n) is 17.8. The van der Waals surface area contributed by atoms with Crippen molar-refractivity contribution in [2.75, 3.05) is 19.8 Å². The number of aliphatic carboxylic acids is 2. The van der Waals surface area contributed by atoms with E-state index >= 15 is 0 Å². The highest BCUT2D eigenvalue weighted by Gasteiger charge is 2.46. The van der Waals surface area contributed by atoms with Crippen LogP contribution in [0, 0.1) is 12.8 Å². The third-order valence-corrected chi connectivity index (χ3v) is 5.47. The Bertz CT molecular complexity index is 761. The molecule has 0 bridgehead atoms. The minimum Gasteiger partial charge on any atom is -0.475 e. The third-order valence-electron chi connectivity index (χ3n) is 4.65. The van der Waals surface area contributed by atoms with Crippen LogP contribution >= 0.6 is 11.3 Å². The van der Waals surface area contributed by atoms with Crippen molar-refractivity contribution in [3.8, 4) is 0 Å². The average Bonchev–Trinajstić information content (AvgIpc) is 3.36. The molecular formula is C18H24F6N2O6S. The molecule has 3 atom stereocenters. The van der Waals surface area contributed by atoms with Crippen molar-refractivity contribution in [3.05, 3.63) is 16.1 Å². The molecule has 0 radical (unpaired) electrons. The molecule has 3 rings (SSSR count). The standard InChI is InChI=1S/C14H22N2O2S.2C2HF3O2/c1-9(2)16-4-14(12-6-17-7-13(12)16)18-5-11-8-19-10(3)15-11;2*3-2(4,5)1(6)7/h8-9,12-14H,4-7H2,1-3H3;2*(H,6,7)/t12-,13+,14-;;/m0../s1. The van der Waals surface area contributed by atoms with E-state index in [1.54, 1.807) is 11.3 Å². The number of alkyl halides is 6. The van der Waals surface area contributed by atoms with Crippen molar-refractivity contribution in [1.29, 1.82) is 0 Å². The van der Waals surface area contributed by atoms with Crippen LogP contribution in [0.3, 0.4) is 0 Å². The van der Waals surface area contributed by atoms with Gasteiger partial charge < -0.3 is 19.7 Å². The number of likely N-dealkylation sites (tertiary alicyclic amines) is 1. The molecule has 2 N–H and O–H groups in total. The van der Waals surface area contributed by atoms with E-state index in [1.165, 1.54) is 0 Å². The molecular weight excluding hydrogens is 486 g/mol. The molecule has 2 aliphatic rings. The van der Waals surface area contributed by atoms with Crippen LogP contribution in [-0.4, -0.2) is 82.3 Å². The SMILES string of the molecule is Cc1nc(CO[C@H]2CN(C(C)C)[C@@H]3COC[C@H]23)cs1.O=C(O)C(F)(F)F.O=C(O)C(F)(F)F. The predicted molar refractivity (Wildman–Crippen MR) is 103 cm³/mol. The number of carbonyl (C=O) groups is 2. The number of hydrogen-bond acceptors (Lipinski definition) is 7. The summed E-state index contributed by atoms with van der Waals surface area (Å²) in [6.07, 6.45) is -9.88. The number of hydrogen-bond donors (Lipinski definition) is 2. The quantitative estimate of drug-likeness (QED) is 0.594. The van der Waals surface area contributed by atoms with E-state index in [2.05, 4.69) is 29.1 Å². The van der Waals surface area contributed by atoms with Gasteiger partial charge in [-0.15, -0.1) is 11.3 Å². The number of halogens is 6. The maximum atomic E-state index is 10.6. The lowest BCUT2D eigenvalue weighted by atomic mass is 10.0. The largest absolute Gasteiger partial charge is 0.490 e. The van der Waals surface area contributed by atoms with Crippen LogP contribution in [0.1, 0.15) is 24.5 Å². The van der Waals surface area contributed by atoms with Crippen molar-refractivity contribution in [1.82, 2.24) is 9.88 Å². The number of nitrogens with zero attached hydrogens (tertiary/aromatic N) is 2. The molecule has 3 heterocycles. The molecule has 1 aromatic rings. The summed E-state index contributed by atoms with van der Waals surface area (Å²) in [5.41, 5.74) is 1.06. The van der Waals surface area contributed by atoms with Crippen LogP contribution in [0.4, 0.5) is 26.3 Å². The summed E-state index contributed by atoms with van der Waals surface area (Å²) >= 11 is 1.69. The van der Waals surface area contributed by atoms with Crippen LogP contribution in [0.2, 0.25) is 0 Å². The van der Waals surface area contributed by atoms with E-state index in [0.29, 0.717) is 24.6 Å². The molecule has 33 heavy (non-hydrogen) atoms. The zero-order chi connectivity index (χ0) is 25.6. The topological polar surface area (TPSA) is 109 Å². The number of carboxylic acids is 2. The molecule has 2 saturated heterocycles. The molecule has 2 fully saturated rings. The highest BCUT2D eigenvalue weighted by atomic mass is 32.1. The van der Waals surface area contributed by atoms with Gasteiger partial charge in [0.2, 0.25) is 0 Å². The minimum absolute atomic E-state index is 0.289. The van der Waals surface area contributed by atoms with Crippen molar-refractivity contribution in [2.24, 2.45) is 5.92 Å². The maximum Gasteiger partial charge on any atom is 0.490 e. The van der Waals surface area contributed by atoms with E-state index < -0.39 is 24.3 Å². The number of ether oxygens (including phenoxy) is 2.